The van der Waals surface area contributed by atoms with E-state index in [4.69, 9.17) is 14.0 Å². The van der Waals surface area contributed by atoms with E-state index in [1.165, 1.54) is 12.1 Å². The largest absolute Gasteiger partial charge is 0.478 e. The van der Waals surface area contributed by atoms with Gasteiger partial charge in [-0.3, -0.25) is 0 Å². The molecule has 0 fully saturated rings. The average Bonchev–Trinajstić information content (AvgIpc) is 3.07. The molecule has 6 heteroatoms. The summed E-state index contributed by atoms with van der Waals surface area (Å²) in [6.45, 7) is 1.82. The van der Waals surface area contributed by atoms with Gasteiger partial charge >= 0.3 is 5.97 Å². The van der Waals surface area contributed by atoms with Crippen LogP contribution in [0.15, 0.2) is 45.5 Å². The number of rotatable bonds is 3. The first-order valence-corrected chi connectivity index (χ1v) is 5.86. The molecule has 0 amide bonds. The highest BCUT2D eigenvalue weighted by Crippen LogP contribution is 2.23. The molecule has 0 atom stereocenters. The van der Waals surface area contributed by atoms with Crippen molar-refractivity contribution in [3.05, 3.63) is 47.9 Å². The van der Waals surface area contributed by atoms with Crippen LogP contribution < -0.4 is 0 Å². The van der Waals surface area contributed by atoms with Gasteiger partial charge in [-0.25, -0.2) is 4.79 Å². The maximum Gasteiger partial charge on any atom is 0.335 e. The summed E-state index contributed by atoms with van der Waals surface area (Å²) in [7, 11) is 0. The second kappa shape index (κ2) is 4.65. The normalized spacial score (nSPS) is 10.7. The predicted octanol–water partition coefficient (Wildman–Crippen LogP) is 3.00. The number of hydrogen-bond acceptors (Lipinski definition) is 5. The van der Waals surface area contributed by atoms with Crippen molar-refractivity contribution >= 4 is 5.97 Å². The van der Waals surface area contributed by atoms with Crippen molar-refractivity contribution in [1.82, 2.24) is 10.1 Å². The number of carboxylic acid groups (broad SMARTS) is 1. The summed E-state index contributed by atoms with van der Waals surface area (Å²) in [5, 5.41) is 12.7. The zero-order chi connectivity index (χ0) is 14.1. The van der Waals surface area contributed by atoms with E-state index in [1.807, 2.05) is 6.92 Å². The number of furan rings is 1. The molecule has 100 valence electrons. The van der Waals surface area contributed by atoms with Gasteiger partial charge in [0.1, 0.15) is 12.0 Å². The van der Waals surface area contributed by atoms with Gasteiger partial charge in [-0.15, -0.1) is 0 Å². The summed E-state index contributed by atoms with van der Waals surface area (Å²) in [4.78, 5) is 15.0. The minimum absolute atomic E-state index is 0.211. The standard InChI is InChI=1S/C14H10N2O4/c1-8-6-11(7-19-8)13-15-12(16-20-13)9-2-4-10(5-3-9)14(17)18/h2-7H,1H3,(H,17,18). The fraction of sp³-hybridized carbons (Fsp3) is 0.0714. The first kappa shape index (κ1) is 12.2. The van der Waals surface area contributed by atoms with E-state index in [0.717, 1.165) is 5.76 Å². The van der Waals surface area contributed by atoms with Crippen LogP contribution in [0.1, 0.15) is 16.1 Å². The molecule has 0 aliphatic rings. The highest BCUT2D eigenvalue weighted by Gasteiger charge is 2.13. The highest BCUT2D eigenvalue weighted by atomic mass is 16.5. The Morgan fingerprint density at radius 2 is 1.95 bits per heavy atom. The topological polar surface area (TPSA) is 89.4 Å². The lowest BCUT2D eigenvalue weighted by molar-refractivity contribution is 0.0697. The molecule has 2 aromatic heterocycles. The maximum atomic E-state index is 10.8. The molecule has 3 aromatic rings. The number of hydrogen-bond donors (Lipinski definition) is 1. The molecule has 0 unspecified atom stereocenters. The summed E-state index contributed by atoms with van der Waals surface area (Å²) < 4.78 is 10.3. The van der Waals surface area contributed by atoms with E-state index >= 15 is 0 Å². The summed E-state index contributed by atoms with van der Waals surface area (Å²) in [6, 6.07) is 8.06. The van der Waals surface area contributed by atoms with E-state index in [9.17, 15) is 4.79 Å². The van der Waals surface area contributed by atoms with Gasteiger partial charge in [0.2, 0.25) is 5.82 Å². The summed E-state index contributed by atoms with van der Waals surface area (Å²) >= 11 is 0. The van der Waals surface area contributed by atoms with Gasteiger partial charge in [-0.2, -0.15) is 4.98 Å². The number of nitrogens with zero attached hydrogens (tertiary/aromatic N) is 2. The minimum Gasteiger partial charge on any atom is -0.478 e. The Kier molecular flexibility index (Phi) is 2.83. The third kappa shape index (κ3) is 2.18. The molecule has 2 heterocycles. The van der Waals surface area contributed by atoms with Crippen molar-refractivity contribution in [3.8, 4) is 22.8 Å². The highest BCUT2D eigenvalue weighted by molar-refractivity contribution is 5.88. The first-order chi connectivity index (χ1) is 9.63. The lowest BCUT2D eigenvalue weighted by Crippen LogP contribution is -1.95. The van der Waals surface area contributed by atoms with Gasteiger partial charge in [0.25, 0.3) is 5.89 Å². The zero-order valence-corrected chi connectivity index (χ0v) is 10.5. The molecule has 20 heavy (non-hydrogen) atoms. The van der Waals surface area contributed by atoms with E-state index in [2.05, 4.69) is 10.1 Å². The monoisotopic (exact) mass is 270 g/mol. The van der Waals surface area contributed by atoms with E-state index in [1.54, 1.807) is 24.5 Å². The molecule has 3 rings (SSSR count). The molecule has 0 aliphatic carbocycles. The van der Waals surface area contributed by atoms with Crippen LogP contribution in [0.25, 0.3) is 22.8 Å². The van der Waals surface area contributed by atoms with Crippen molar-refractivity contribution in [2.75, 3.05) is 0 Å². The van der Waals surface area contributed by atoms with Crippen LogP contribution in [-0.4, -0.2) is 21.2 Å². The summed E-state index contributed by atoms with van der Waals surface area (Å²) in [5.41, 5.74) is 1.61. The fourth-order valence-electron chi connectivity index (χ4n) is 1.78. The maximum absolute atomic E-state index is 10.8. The van der Waals surface area contributed by atoms with E-state index < -0.39 is 5.97 Å². The molecule has 0 radical (unpaired) electrons. The molecule has 1 N–H and O–H groups in total. The third-order valence-electron chi connectivity index (χ3n) is 2.79. The Morgan fingerprint density at radius 3 is 2.55 bits per heavy atom. The van der Waals surface area contributed by atoms with Gasteiger partial charge in [0.05, 0.1) is 11.1 Å². The molecule has 0 bridgehead atoms. The SMILES string of the molecule is Cc1cc(-c2nc(-c3ccc(C(=O)O)cc3)no2)co1. The Hall–Kier alpha value is -2.89. The van der Waals surface area contributed by atoms with Crippen molar-refractivity contribution in [2.45, 2.75) is 6.92 Å². The van der Waals surface area contributed by atoms with Crippen molar-refractivity contribution in [3.63, 3.8) is 0 Å². The fourth-order valence-corrected chi connectivity index (χ4v) is 1.78. The predicted molar refractivity (Wildman–Crippen MR) is 69.1 cm³/mol. The van der Waals surface area contributed by atoms with Crippen molar-refractivity contribution < 1.29 is 18.8 Å². The van der Waals surface area contributed by atoms with Crippen LogP contribution >= 0.6 is 0 Å². The van der Waals surface area contributed by atoms with Gasteiger partial charge < -0.3 is 14.0 Å². The van der Waals surface area contributed by atoms with Crippen LogP contribution in [0.4, 0.5) is 0 Å². The van der Waals surface area contributed by atoms with Crippen LogP contribution in [0.3, 0.4) is 0 Å². The first-order valence-electron chi connectivity index (χ1n) is 5.86. The molecule has 0 saturated carbocycles. The number of carboxylic acids is 1. The number of aryl methyl sites for hydroxylation is 1. The molecule has 6 nitrogen and oxygen atoms in total. The van der Waals surface area contributed by atoms with Crippen LogP contribution in [0.2, 0.25) is 0 Å². The van der Waals surface area contributed by atoms with Crippen molar-refractivity contribution in [2.24, 2.45) is 0 Å². The zero-order valence-electron chi connectivity index (χ0n) is 10.5. The van der Waals surface area contributed by atoms with Gasteiger partial charge in [0, 0.05) is 5.56 Å². The van der Waals surface area contributed by atoms with Crippen LogP contribution in [-0.2, 0) is 0 Å². The van der Waals surface area contributed by atoms with Gasteiger partial charge in [-0.05, 0) is 25.1 Å². The quantitative estimate of drug-likeness (QED) is 0.786. The van der Waals surface area contributed by atoms with Crippen LogP contribution in [0, 0.1) is 6.92 Å². The molecule has 0 aliphatic heterocycles. The summed E-state index contributed by atoms with van der Waals surface area (Å²) in [5.74, 6) is 0.541. The molecule has 1 aromatic carbocycles. The lowest BCUT2D eigenvalue weighted by atomic mass is 10.1. The smallest absolute Gasteiger partial charge is 0.335 e. The Bertz CT molecular complexity index is 756. The van der Waals surface area contributed by atoms with Gasteiger partial charge in [-0.1, -0.05) is 17.3 Å². The average molecular weight is 270 g/mol. The number of aromatic carboxylic acids is 1. The number of carbonyl (C=O) groups is 1. The second-order valence-corrected chi connectivity index (χ2v) is 4.25. The van der Waals surface area contributed by atoms with Gasteiger partial charge in [0.15, 0.2) is 0 Å². The summed E-state index contributed by atoms with van der Waals surface area (Å²) in [6.07, 6.45) is 1.54. The number of benzene rings is 1. The molecular weight excluding hydrogens is 260 g/mol. The number of aromatic nitrogens is 2. The second-order valence-electron chi connectivity index (χ2n) is 4.25. The third-order valence-corrected chi connectivity index (χ3v) is 2.79. The van der Waals surface area contributed by atoms with E-state index in [0.29, 0.717) is 22.8 Å². The molecule has 0 saturated heterocycles. The lowest BCUT2D eigenvalue weighted by Gasteiger charge is -1.95. The minimum atomic E-state index is -0.973. The van der Waals surface area contributed by atoms with Crippen molar-refractivity contribution in [1.29, 1.82) is 0 Å². The van der Waals surface area contributed by atoms with E-state index in [-0.39, 0.29) is 5.56 Å². The Morgan fingerprint density at radius 1 is 1.20 bits per heavy atom. The van der Waals surface area contributed by atoms with Crippen LogP contribution in [0.5, 0.6) is 0 Å². The molecule has 0 spiro atoms. The molecular formula is C14H10N2O4. The Labute approximate surface area is 113 Å². The Balaban J connectivity index is 1.91.